The van der Waals surface area contributed by atoms with Crippen molar-refractivity contribution in [2.24, 2.45) is 5.92 Å². The molecule has 0 aliphatic rings. The first-order valence-electron chi connectivity index (χ1n) is 4.53. The fourth-order valence-corrected chi connectivity index (χ4v) is 1.05. The number of aryl methyl sites for hydroxylation is 1. The summed E-state index contributed by atoms with van der Waals surface area (Å²) in [6.45, 7) is 6.40. The van der Waals surface area contributed by atoms with Crippen molar-refractivity contribution in [3.05, 3.63) is 11.7 Å². The van der Waals surface area contributed by atoms with Crippen LogP contribution >= 0.6 is 0 Å². The van der Waals surface area contributed by atoms with Crippen molar-refractivity contribution in [1.29, 1.82) is 0 Å². The maximum absolute atomic E-state index is 5.04. The quantitative estimate of drug-likeness (QED) is 0.692. The van der Waals surface area contributed by atoms with Crippen LogP contribution in [0.15, 0.2) is 4.52 Å². The molecular weight excluding hydrogens is 152 g/mol. The van der Waals surface area contributed by atoms with Crippen LogP contribution in [-0.2, 0) is 12.8 Å². The van der Waals surface area contributed by atoms with Gasteiger partial charge in [0.25, 0.3) is 0 Å². The smallest absolute Gasteiger partial charge is 0.226 e. The van der Waals surface area contributed by atoms with Crippen molar-refractivity contribution in [2.75, 3.05) is 0 Å². The SMILES string of the molecule is CCCc1nc(CC(C)C)no1. The molecule has 0 saturated carbocycles. The molecule has 3 nitrogen and oxygen atoms in total. The Morgan fingerprint density at radius 2 is 2.17 bits per heavy atom. The van der Waals surface area contributed by atoms with E-state index >= 15 is 0 Å². The molecule has 1 aromatic rings. The molecule has 0 aromatic carbocycles. The van der Waals surface area contributed by atoms with Crippen LogP contribution in [0.4, 0.5) is 0 Å². The van der Waals surface area contributed by atoms with Crippen LogP contribution in [0.3, 0.4) is 0 Å². The van der Waals surface area contributed by atoms with Gasteiger partial charge in [0.1, 0.15) is 0 Å². The molecule has 0 amide bonds. The lowest BCUT2D eigenvalue weighted by molar-refractivity contribution is 0.370. The molecular formula is C9H16N2O. The number of aromatic nitrogens is 2. The average Bonchev–Trinajstić information content (AvgIpc) is 2.36. The normalized spacial score (nSPS) is 11.0. The number of hydrogen-bond acceptors (Lipinski definition) is 3. The molecule has 3 heteroatoms. The summed E-state index contributed by atoms with van der Waals surface area (Å²) < 4.78 is 5.04. The molecule has 1 aromatic heterocycles. The Labute approximate surface area is 73.2 Å². The van der Waals surface area contributed by atoms with E-state index in [2.05, 4.69) is 30.9 Å². The number of nitrogens with zero attached hydrogens (tertiary/aromatic N) is 2. The Kier molecular flexibility index (Phi) is 3.26. The zero-order valence-corrected chi connectivity index (χ0v) is 8.00. The standard InChI is InChI=1S/C9H16N2O/c1-4-5-9-10-8(11-12-9)6-7(2)3/h7H,4-6H2,1-3H3. The van der Waals surface area contributed by atoms with Gasteiger partial charge < -0.3 is 4.52 Å². The monoisotopic (exact) mass is 168 g/mol. The molecule has 0 aliphatic carbocycles. The van der Waals surface area contributed by atoms with Crippen molar-refractivity contribution in [3.63, 3.8) is 0 Å². The summed E-state index contributed by atoms with van der Waals surface area (Å²) in [6.07, 6.45) is 2.86. The molecule has 12 heavy (non-hydrogen) atoms. The van der Waals surface area contributed by atoms with E-state index in [1.807, 2.05) is 0 Å². The van der Waals surface area contributed by atoms with Gasteiger partial charge in [-0.1, -0.05) is 25.9 Å². The van der Waals surface area contributed by atoms with E-state index in [9.17, 15) is 0 Å². The highest BCUT2D eigenvalue weighted by atomic mass is 16.5. The molecule has 0 unspecified atom stereocenters. The van der Waals surface area contributed by atoms with Crippen LogP contribution in [0.2, 0.25) is 0 Å². The molecule has 0 radical (unpaired) electrons. The van der Waals surface area contributed by atoms with Gasteiger partial charge in [-0.3, -0.25) is 0 Å². The molecule has 0 fully saturated rings. The minimum absolute atomic E-state index is 0.595. The van der Waals surface area contributed by atoms with Crippen molar-refractivity contribution >= 4 is 0 Å². The zero-order chi connectivity index (χ0) is 8.97. The van der Waals surface area contributed by atoms with Crippen molar-refractivity contribution in [2.45, 2.75) is 40.0 Å². The van der Waals surface area contributed by atoms with Crippen LogP contribution < -0.4 is 0 Å². The molecule has 0 N–H and O–H groups in total. The summed E-state index contributed by atoms with van der Waals surface area (Å²) in [4.78, 5) is 4.26. The molecule has 1 rings (SSSR count). The molecule has 1 heterocycles. The summed E-state index contributed by atoms with van der Waals surface area (Å²) in [7, 11) is 0. The summed E-state index contributed by atoms with van der Waals surface area (Å²) in [6, 6.07) is 0. The zero-order valence-electron chi connectivity index (χ0n) is 8.00. The predicted molar refractivity (Wildman–Crippen MR) is 46.8 cm³/mol. The Hall–Kier alpha value is -0.860. The van der Waals surface area contributed by atoms with Gasteiger partial charge in [-0.25, -0.2) is 0 Å². The Morgan fingerprint density at radius 3 is 2.75 bits per heavy atom. The largest absolute Gasteiger partial charge is 0.339 e. The lowest BCUT2D eigenvalue weighted by Crippen LogP contribution is -1.96. The van der Waals surface area contributed by atoms with Gasteiger partial charge in [0.15, 0.2) is 5.82 Å². The van der Waals surface area contributed by atoms with Gasteiger partial charge in [-0.2, -0.15) is 4.98 Å². The van der Waals surface area contributed by atoms with E-state index in [0.29, 0.717) is 5.92 Å². The van der Waals surface area contributed by atoms with Gasteiger partial charge in [-0.05, 0) is 12.3 Å². The summed E-state index contributed by atoms with van der Waals surface area (Å²) >= 11 is 0. The van der Waals surface area contributed by atoms with E-state index in [0.717, 1.165) is 31.0 Å². The van der Waals surface area contributed by atoms with Crippen LogP contribution in [0.1, 0.15) is 38.9 Å². The molecule has 0 bridgehead atoms. The van der Waals surface area contributed by atoms with E-state index in [4.69, 9.17) is 4.52 Å². The number of hydrogen-bond donors (Lipinski definition) is 0. The highest BCUT2D eigenvalue weighted by Gasteiger charge is 2.06. The Balaban J connectivity index is 2.52. The molecule has 68 valence electrons. The fraction of sp³-hybridized carbons (Fsp3) is 0.778. The third-order valence-electron chi connectivity index (χ3n) is 1.56. The lowest BCUT2D eigenvalue weighted by Gasteiger charge is -1.95. The average molecular weight is 168 g/mol. The van der Waals surface area contributed by atoms with E-state index in [1.165, 1.54) is 0 Å². The summed E-state index contributed by atoms with van der Waals surface area (Å²) in [5.74, 6) is 2.21. The minimum atomic E-state index is 0.595. The fourth-order valence-electron chi connectivity index (χ4n) is 1.05. The highest BCUT2D eigenvalue weighted by molar-refractivity contribution is 4.87. The predicted octanol–water partition coefficient (Wildman–Crippen LogP) is 2.22. The summed E-state index contributed by atoms with van der Waals surface area (Å²) in [5, 5.41) is 3.89. The van der Waals surface area contributed by atoms with Crippen LogP contribution in [-0.4, -0.2) is 10.1 Å². The molecule has 0 saturated heterocycles. The second-order valence-electron chi connectivity index (χ2n) is 3.45. The molecule has 0 atom stereocenters. The number of rotatable bonds is 4. The second-order valence-corrected chi connectivity index (χ2v) is 3.45. The highest BCUT2D eigenvalue weighted by Crippen LogP contribution is 2.05. The molecule has 0 aliphatic heterocycles. The van der Waals surface area contributed by atoms with Crippen LogP contribution in [0, 0.1) is 5.92 Å². The van der Waals surface area contributed by atoms with Gasteiger partial charge in [0, 0.05) is 12.8 Å². The third-order valence-corrected chi connectivity index (χ3v) is 1.56. The Bertz CT molecular complexity index is 230. The van der Waals surface area contributed by atoms with Gasteiger partial charge >= 0.3 is 0 Å². The first-order chi connectivity index (χ1) is 5.72. The maximum Gasteiger partial charge on any atom is 0.226 e. The van der Waals surface area contributed by atoms with E-state index in [-0.39, 0.29) is 0 Å². The Morgan fingerprint density at radius 1 is 1.42 bits per heavy atom. The van der Waals surface area contributed by atoms with Crippen molar-refractivity contribution in [3.8, 4) is 0 Å². The van der Waals surface area contributed by atoms with E-state index < -0.39 is 0 Å². The first kappa shape index (κ1) is 9.23. The van der Waals surface area contributed by atoms with Crippen LogP contribution in [0.5, 0.6) is 0 Å². The minimum Gasteiger partial charge on any atom is -0.339 e. The van der Waals surface area contributed by atoms with Crippen LogP contribution in [0.25, 0.3) is 0 Å². The van der Waals surface area contributed by atoms with Gasteiger partial charge in [0.05, 0.1) is 0 Å². The van der Waals surface area contributed by atoms with Gasteiger partial charge in [0.2, 0.25) is 5.89 Å². The van der Waals surface area contributed by atoms with Gasteiger partial charge in [-0.15, -0.1) is 0 Å². The first-order valence-corrected chi connectivity index (χ1v) is 4.53. The maximum atomic E-state index is 5.04. The van der Waals surface area contributed by atoms with Crippen molar-refractivity contribution < 1.29 is 4.52 Å². The third kappa shape index (κ3) is 2.64. The molecule has 0 spiro atoms. The van der Waals surface area contributed by atoms with E-state index in [1.54, 1.807) is 0 Å². The van der Waals surface area contributed by atoms with Crippen molar-refractivity contribution in [1.82, 2.24) is 10.1 Å². The topological polar surface area (TPSA) is 38.9 Å². The summed E-state index contributed by atoms with van der Waals surface area (Å²) in [5.41, 5.74) is 0. The second kappa shape index (κ2) is 4.24. The lowest BCUT2D eigenvalue weighted by atomic mass is 10.1.